The van der Waals surface area contributed by atoms with Crippen molar-refractivity contribution >= 4 is 23.4 Å². The molecule has 2 N–H and O–H groups in total. The lowest BCUT2D eigenvalue weighted by Crippen LogP contribution is -2.43. The molecule has 0 unspecified atom stereocenters. The molecule has 0 saturated carbocycles. The molecule has 11 nitrogen and oxygen atoms in total. The summed E-state index contributed by atoms with van der Waals surface area (Å²) >= 11 is 0.967. The normalized spacial score (nSPS) is 11.1. The van der Waals surface area contributed by atoms with Crippen LogP contribution in [0.3, 0.4) is 0 Å². The first-order chi connectivity index (χ1) is 15.7. The summed E-state index contributed by atoms with van der Waals surface area (Å²) < 4.78 is 18.2. The van der Waals surface area contributed by atoms with Crippen LogP contribution in [0.15, 0.2) is 37.4 Å². The summed E-state index contributed by atoms with van der Waals surface area (Å²) in [6, 6.07) is 5.13. The molecule has 2 aromatic heterocycles. The van der Waals surface area contributed by atoms with Crippen molar-refractivity contribution in [3.05, 3.63) is 44.6 Å². The number of methoxy groups -OCH3 is 2. The van der Waals surface area contributed by atoms with Crippen LogP contribution in [0, 0.1) is 5.92 Å². The Balaban J connectivity index is 1.82. The van der Waals surface area contributed by atoms with Crippen LogP contribution in [-0.4, -0.2) is 45.1 Å². The second kappa shape index (κ2) is 9.94. The maximum Gasteiger partial charge on any atom is 0.332 e. The summed E-state index contributed by atoms with van der Waals surface area (Å²) in [4.78, 5) is 37.8. The monoisotopic (exact) mass is 475 g/mol. The van der Waals surface area contributed by atoms with Crippen molar-refractivity contribution in [1.82, 2.24) is 19.3 Å². The fraction of sp³-hybridized carbons (Fsp3) is 0.381. The zero-order valence-electron chi connectivity index (χ0n) is 18.9. The number of thioether (sulfide) groups is 1. The minimum absolute atomic E-state index is 0.0909. The van der Waals surface area contributed by atoms with E-state index in [1.807, 2.05) is 13.8 Å². The van der Waals surface area contributed by atoms with Crippen LogP contribution >= 0.6 is 11.8 Å². The first kappa shape index (κ1) is 24.1. The largest absolute Gasteiger partial charge is 0.493 e. The molecule has 1 aromatic carbocycles. The number of carbonyl (C=O) groups excluding carboxylic acids is 1. The number of hydrogen-bond donors (Lipinski definition) is 1. The molecule has 0 radical (unpaired) electrons. The van der Waals surface area contributed by atoms with E-state index in [1.54, 1.807) is 18.2 Å². The number of aromatic nitrogens is 4. The van der Waals surface area contributed by atoms with E-state index in [1.165, 1.54) is 25.8 Å². The van der Waals surface area contributed by atoms with Gasteiger partial charge >= 0.3 is 5.69 Å². The van der Waals surface area contributed by atoms with E-state index in [2.05, 4.69) is 10.2 Å². The Morgan fingerprint density at radius 2 is 1.88 bits per heavy atom. The fourth-order valence-corrected chi connectivity index (χ4v) is 3.78. The van der Waals surface area contributed by atoms with Gasteiger partial charge in [0.25, 0.3) is 10.8 Å². The SMILES string of the molecule is COc1ccc(-c2nnc(SCC(=O)c3c(N)n(CC(C)C)c(=O)n(C)c3=O)o2)cc1OC. The topological polar surface area (TPSA) is 144 Å². The Kier molecular flexibility index (Phi) is 7.26. The lowest BCUT2D eigenvalue weighted by atomic mass is 10.2. The van der Waals surface area contributed by atoms with Gasteiger partial charge in [-0.05, 0) is 24.1 Å². The maximum atomic E-state index is 12.8. The third-order valence-corrected chi connectivity index (χ3v) is 5.59. The number of ketones is 1. The Labute approximate surface area is 193 Å². The van der Waals surface area contributed by atoms with E-state index in [-0.39, 0.29) is 40.7 Å². The van der Waals surface area contributed by atoms with Crippen LogP contribution in [0.4, 0.5) is 5.82 Å². The highest BCUT2D eigenvalue weighted by atomic mass is 32.2. The number of hydrogen-bond acceptors (Lipinski definition) is 10. The molecule has 0 aliphatic heterocycles. The van der Waals surface area contributed by atoms with Gasteiger partial charge < -0.3 is 19.6 Å². The third-order valence-electron chi connectivity index (χ3n) is 4.77. The number of nitrogen functional groups attached to an aromatic ring is 1. The molecule has 3 aromatic rings. The van der Waals surface area contributed by atoms with Crippen LogP contribution in [0.5, 0.6) is 11.5 Å². The molecule has 0 atom stereocenters. The molecule has 0 saturated heterocycles. The zero-order valence-corrected chi connectivity index (χ0v) is 19.8. The molecule has 0 amide bonds. The number of nitrogens with zero attached hydrogens (tertiary/aromatic N) is 4. The number of benzene rings is 1. The standard InChI is InChI=1S/C21H25N5O6S/c1-11(2)9-26-17(22)16(19(28)25(3)21(26)29)13(27)10-33-20-24-23-18(32-20)12-6-7-14(30-4)15(8-12)31-5/h6-8,11H,9-10,22H2,1-5H3. The van der Waals surface area contributed by atoms with E-state index in [0.717, 1.165) is 16.3 Å². The van der Waals surface area contributed by atoms with Gasteiger partial charge in [-0.3, -0.25) is 18.7 Å². The number of anilines is 1. The van der Waals surface area contributed by atoms with Gasteiger partial charge in [-0.15, -0.1) is 10.2 Å². The molecule has 3 rings (SSSR count). The van der Waals surface area contributed by atoms with Crippen molar-refractivity contribution in [2.24, 2.45) is 13.0 Å². The maximum absolute atomic E-state index is 12.8. The number of carbonyl (C=O) groups is 1. The van der Waals surface area contributed by atoms with Gasteiger partial charge in [0.05, 0.1) is 20.0 Å². The molecule has 12 heteroatoms. The molecule has 0 fully saturated rings. The van der Waals surface area contributed by atoms with Gasteiger partial charge in [0, 0.05) is 19.2 Å². The molecular weight excluding hydrogens is 450 g/mol. The number of ether oxygens (including phenoxy) is 2. The van der Waals surface area contributed by atoms with Gasteiger partial charge in [0.2, 0.25) is 5.89 Å². The predicted octanol–water partition coefficient (Wildman–Crippen LogP) is 1.83. The number of rotatable bonds is 9. The first-order valence-electron chi connectivity index (χ1n) is 9.99. The van der Waals surface area contributed by atoms with Crippen molar-refractivity contribution in [2.45, 2.75) is 25.6 Å². The molecular formula is C21H25N5O6S. The molecule has 0 spiro atoms. The summed E-state index contributed by atoms with van der Waals surface area (Å²) in [5.41, 5.74) is 5.13. The van der Waals surface area contributed by atoms with E-state index >= 15 is 0 Å². The molecule has 0 aliphatic rings. The first-order valence-corrected chi connectivity index (χ1v) is 11.0. The van der Waals surface area contributed by atoms with E-state index in [9.17, 15) is 14.4 Å². The third kappa shape index (κ3) is 4.95. The summed E-state index contributed by atoms with van der Waals surface area (Å²) in [5.74, 6) is 0.521. The van der Waals surface area contributed by atoms with Crippen LogP contribution in [-0.2, 0) is 13.6 Å². The number of nitrogens with two attached hydrogens (primary N) is 1. The average molecular weight is 476 g/mol. The Morgan fingerprint density at radius 3 is 2.52 bits per heavy atom. The molecule has 2 heterocycles. The van der Waals surface area contributed by atoms with Crippen molar-refractivity contribution in [2.75, 3.05) is 25.7 Å². The minimum atomic E-state index is -0.736. The van der Waals surface area contributed by atoms with Crippen molar-refractivity contribution in [3.63, 3.8) is 0 Å². The molecule has 0 aliphatic carbocycles. The van der Waals surface area contributed by atoms with Crippen molar-refractivity contribution in [3.8, 4) is 23.0 Å². The summed E-state index contributed by atoms with van der Waals surface area (Å²) in [7, 11) is 4.37. The highest BCUT2D eigenvalue weighted by Crippen LogP contribution is 2.32. The minimum Gasteiger partial charge on any atom is -0.493 e. The van der Waals surface area contributed by atoms with Crippen LogP contribution in [0.2, 0.25) is 0 Å². The molecule has 0 bridgehead atoms. The summed E-state index contributed by atoms with van der Waals surface area (Å²) in [6.07, 6.45) is 0. The van der Waals surface area contributed by atoms with Gasteiger partial charge in [-0.2, -0.15) is 0 Å². The average Bonchev–Trinajstić information content (AvgIpc) is 3.27. The molecule has 33 heavy (non-hydrogen) atoms. The van der Waals surface area contributed by atoms with Crippen LogP contribution < -0.4 is 26.5 Å². The number of Topliss-reactive ketones (excluding diaryl/α,β-unsaturated/α-hetero) is 1. The van der Waals surface area contributed by atoms with Gasteiger partial charge in [-0.25, -0.2) is 4.79 Å². The van der Waals surface area contributed by atoms with E-state index in [4.69, 9.17) is 19.6 Å². The summed E-state index contributed by atoms with van der Waals surface area (Å²) in [6.45, 7) is 4.09. The Hall–Kier alpha value is -3.54. The second-order valence-electron chi connectivity index (χ2n) is 7.57. The van der Waals surface area contributed by atoms with Crippen molar-refractivity contribution in [1.29, 1.82) is 0 Å². The van der Waals surface area contributed by atoms with E-state index < -0.39 is 17.0 Å². The smallest absolute Gasteiger partial charge is 0.332 e. The van der Waals surface area contributed by atoms with Gasteiger partial charge in [0.1, 0.15) is 11.4 Å². The van der Waals surface area contributed by atoms with Gasteiger partial charge in [-0.1, -0.05) is 25.6 Å². The Bertz CT molecular complexity index is 1290. The quantitative estimate of drug-likeness (QED) is 0.359. The van der Waals surface area contributed by atoms with Crippen LogP contribution in [0.1, 0.15) is 24.2 Å². The fourth-order valence-electron chi connectivity index (χ4n) is 3.14. The van der Waals surface area contributed by atoms with Crippen LogP contribution in [0.25, 0.3) is 11.5 Å². The zero-order chi connectivity index (χ0) is 24.3. The highest BCUT2D eigenvalue weighted by molar-refractivity contribution is 7.99. The van der Waals surface area contributed by atoms with Gasteiger partial charge in [0.15, 0.2) is 17.3 Å². The lowest BCUT2D eigenvalue weighted by molar-refractivity contribution is 0.102. The van der Waals surface area contributed by atoms with E-state index in [0.29, 0.717) is 17.1 Å². The highest BCUT2D eigenvalue weighted by Gasteiger charge is 2.23. The summed E-state index contributed by atoms with van der Waals surface area (Å²) in [5, 5.41) is 8.07. The lowest BCUT2D eigenvalue weighted by Gasteiger charge is -2.15. The molecule has 176 valence electrons. The second-order valence-corrected chi connectivity index (χ2v) is 8.49. The van der Waals surface area contributed by atoms with Crippen molar-refractivity contribution < 1.29 is 18.7 Å². The Morgan fingerprint density at radius 1 is 1.18 bits per heavy atom. The predicted molar refractivity (Wildman–Crippen MR) is 123 cm³/mol.